The minimum Gasteiger partial charge on any atom is -0.301 e. The predicted octanol–water partition coefficient (Wildman–Crippen LogP) is 3.89. The van der Waals surface area contributed by atoms with E-state index in [1.54, 1.807) is 0 Å². The molecule has 0 saturated heterocycles. The van der Waals surface area contributed by atoms with E-state index in [1.807, 2.05) is 54.6 Å². The molecule has 0 atom stereocenters. The van der Waals surface area contributed by atoms with Gasteiger partial charge in [0.2, 0.25) is 0 Å². The maximum Gasteiger partial charge on any atom is 0.0551 e. The molecule has 0 aliphatic rings. The summed E-state index contributed by atoms with van der Waals surface area (Å²) < 4.78 is 1.06. The molecule has 76 valence electrons. The van der Waals surface area contributed by atoms with E-state index in [2.05, 4.69) is 26.8 Å². The number of nitrogens with one attached hydrogen (secondary N) is 2. The van der Waals surface area contributed by atoms with Gasteiger partial charge in [-0.1, -0.05) is 40.2 Å². The summed E-state index contributed by atoms with van der Waals surface area (Å²) in [5.41, 5.74) is 8.30. The van der Waals surface area contributed by atoms with Crippen molar-refractivity contribution in [1.82, 2.24) is 0 Å². The third-order valence-electron chi connectivity index (χ3n) is 1.95. The predicted molar refractivity (Wildman–Crippen MR) is 67.8 cm³/mol. The zero-order valence-corrected chi connectivity index (χ0v) is 9.66. The van der Waals surface area contributed by atoms with Crippen LogP contribution in [0.4, 0.5) is 11.4 Å². The Balaban J connectivity index is 1.99. The molecule has 15 heavy (non-hydrogen) atoms. The second-order valence-corrected chi connectivity index (χ2v) is 4.04. The van der Waals surface area contributed by atoms with Gasteiger partial charge >= 0.3 is 0 Å². The van der Waals surface area contributed by atoms with E-state index in [1.165, 1.54) is 0 Å². The SMILES string of the molecule is Brc1cccc(NNc2ccccc2)c1. The lowest BCUT2D eigenvalue weighted by molar-refractivity contribution is 1.41. The summed E-state index contributed by atoms with van der Waals surface area (Å²) in [6, 6.07) is 18.0. The van der Waals surface area contributed by atoms with Gasteiger partial charge in [0.1, 0.15) is 0 Å². The zero-order chi connectivity index (χ0) is 10.5. The first-order valence-corrected chi connectivity index (χ1v) is 5.46. The smallest absolute Gasteiger partial charge is 0.0551 e. The van der Waals surface area contributed by atoms with Crippen LogP contribution in [0, 0.1) is 0 Å². The fraction of sp³-hybridized carbons (Fsp3) is 0. The molecular formula is C12H11BrN2. The molecule has 0 aromatic heterocycles. The first kappa shape index (κ1) is 10.1. The summed E-state index contributed by atoms with van der Waals surface area (Å²) in [4.78, 5) is 0. The average molecular weight is 263 g/mol. The Morgan fingerprint density at radius 3 is 2.13 bits per heavy atom. The largest absolute Gasteiger partial charge is 0.301 e. The molecule has 0 bridgehead atoms. The van der Waals surface area contributed by atoms with Crippen LogP contribution in [0.15, 0.2) is 59.1 Å². The van der Waals surface area contributed by atoms with Crippen molar-refractivity contribution in [3.63, 3.8) is 0 Å². The summed E-state index contributed by atoms with van der Waals surface area (Å²) in [5.74, 6) is 0. The molecule has 3 heteroatoms. The highest BCUT2D eigenvalue weighted by molar-refractivity contribution is 9.10. The molecule has 0 fully saturated rings. The lowest BCUT2D eigenvalue weighted by atomic mass is 10.3. The van der Waals surface area contributed by atoms with Gasteiger partial charge in [0.25, 0.3) is 0 Å². The molecule has 0 radical (unpaired) electrons. The molecule has 0 aliphatic carbocycles. The van der Waals surface area contributed by atoms with Gasteiger partial charge in [-0.05, 0) is 30.3 Å². The van der Waals surface area contributed by atoms with Crippen LogP contribution in [-0.4, -0.2) is 0 Å². The quantitative estimate of drug-likeness (QED) is 0.821. The molecule has 2 aromatic carbocycles. The number of hydrazine groups is 1. The summed E-state index contributed by atoms with van der Waals surface area (Å²) in [7, 11) is 0. The maximum absolute atomic E-state index is 3.42. The Hall–Kier alpha value is -1.48. The van der Waals surface area contributed by atoms with Crippen LogP contribution in [-0.2, 0) is 0 Å². The van der Waals surface area contributed by atoms with Crippen molar-refractivity contribution in [3.8, 4) is 0 Å². The number of anilines is 2. The summed E-state index contributed by atoms with van der Waals surface area (Å²) in [6.07, 6.45) is 0. The minimum atomic E-state index is 1.02. The molecular weight excluding hydrogens is 252 g/mol. The standard InChI is InChI=1S/C12H11BrN2/c13-10-5-4-8-12(9-10)15-14-11-6-2-1-3-7-11/h1-9,14-15H. The number of benzene rings is 2. The monoisotopic (exact) mass is 262 g/mol. The van der Waals surface area contributed by atoms with Crippen LogP contribution in [0.5, 0.6) is 0 Å². The van der Waals surface area contributed by atoms with Gasteiger partial charge in [-0.3, -0.25) is 0 Å². The van der Waals surface area contributed by atoms with E-state index in [9.17, 15) is 0 Å². The second kappa shape index (κ2) is 4.84. The Morgan fingerprint density at radius 1 is 0.733 bits per heavy atom. The number of para-hydroxylation sites is 1. The number of hydrogen-bond donors (Lipinski definition) is 2. The van der Waals surface area contributed by atoms with E-state index in [0.717, 1.165) is 15.8 Å². The van der Waals surface area contributed by atoms with Crippen molar-refractivity contribution in [2.75, 3.05) is 10.9 Å². The van der Waals surface area contributed by atoms with Gasteiger partial charge in [0.05, 0.1) is 11.4 Å². The van der Waals surface area contributed by atoms with Gasteiger partial charge in [-0.15, -0.1) is 0 Å². The Bertz CT molecular complexity index is 429. The molecule has 2 aromatic rings. The highest BCUT2D eigenvalue weighted by Gasteiger charge is 1.92. The molecule has 0 heterocycles. The third-order valence-corrected chi connectivity index (χ3v) is 2.44. The average Bonchev–Trinajstić information content (AvgIpc) is 2.28. The maximum atomic E-state index is 3.42. The Labute approximate surface area is 97.4 Å². The minimum absolute atomic E-state index is 1.02. The summed E-state index contributed by atoms with van der Waals surface area (Å²) >= 11 is 3.42. The van der Waals surface area contributed by atoms with Crippen LogP contribution < -0.4 is 10.9 Å². The molecule has 0 unspecified atom stereocenters. The summed E-state index contributed by atoms with van der Waals surface area (Å²) in [5, 5.41) is 0. The van der Waals surface area contributed by atoms with E-state index < -0.39 is 0 Å². The van der Waals surface area contributed by atoms with Crippen LogP contribution in [0.1, 0.15) is 0 Å². The first-order valence-electron chi connectivity index (χ1n) is 4.67. The lowest BCUT2D eigenvalue weighted by Crippen LogP contribution is -2.07. The van der Waals surface area contributed by atoms with Crippen molar-refractivity contribution in [2.24, 2.45) is 0 Å². The molecule has 0 aliphatic heterocycles. The third kappa shape index (κ3) is 2.99. The van der Waals surface area contributed by atoms with Crippen molar-refractivity contribution in [2.45, 2.75) is 0 Å². The van der Waals surface area contributed by atoms with Crippen LogP contribution in [0.25, 0.3) is 0 Å². The van der Waals surface area contributed by atoms with Gasteiger partial charge in [0.15, 0.2) is 0 Å². The summed E-state index contributed by atoms with van der Waals surface area (Å²) in [6.45, 7) is 0. The van der Waals surface area contributed by atoms with Crippen LogP contribution >= 0.6 is 15.9 Å². The van der Waals surface area contributed by atoms with Gasteiger partial charge < -0.3 is 10.9 Å². The number of hydrogen-bond acceptors (Lipinski definition) is 2. The topological polar surface area (TPSA) is 24.1 Å². The highest BCUT2D eigenvalue weighted by atomic mass is 79.9. The van der Waals surface area contributed by atoms with Crippen molar-refractivity contribution >= 4 is 27.3 Å². The fourth-order valence-electron chi connectivity index (χ4n) is 1.23. The second-order valence-electron chi connectivity index (χ2n) is 3.13. The van der Waals surface area contributed by atoms with E-state index >= 15 is 0 Å². The highest BCUT2D eigenvalue weighted by Crippen LogP contribution is 2.16. The normalized spacial score (nSPS) is 9.67. The zero-order valence-electron chi connectivity index (χ0n) is 8.07. The molecule has 2 N–H and O–H groups in total. The van der Waals surface area contributed by atoms with E-state index in [0.29, 0.717) is 0 Å². The van der Waals surface area contributed by atoms with Crippen molar-refractivity contribution in [3.05, 3.63) is 59.1 Å². The van der Waals surface area contributed by atoms with E-state index in [-0.39, 0.29) is 0 Å². The Morgan fingerprint density at radius 2 is 1.40 bits per heavy atom. The molecule has 2 rings (SSSR count). The first-order chi connectivity index (χ1) is 7.34. The Kier molecular flexibility index (Phi) is 3.25. The van der Waals surface area contributed by atoms with Gasteiger partial charge in [-0.2, -0.15) is 0 Å². The van der Waals surface area contributed by atoms with Crippen LogP contribution in [0.2, 0.25) is 0 Å². The molecule has 0 spiro atoms. The molecule has 0 saturated carbocycles. The molecule has 2 nitrogen and oxygen atoms in total. The van der Waals surface area contributed by atoms with Gasteiger partial charge in [0, 0.05) is 4.47 Å². The number of halogens is 1. The van der Waals surface area contributed by atoms with Gasteiger partial charge in [-0.25, -0.2) is 0 Å². The van der Waals surface area contributed by atoms with E-state index in [4.69, 9.17) is 0 Å². The molecule has 0 amide bonds. The van der Waals surface area contributed by atoms with Crippen molar-refractivity contribution < 1.29 is 0 Å². The number of rotatable bonds is 3. The fourth-order valence-corrected chi connectivity index (χ4v) is 1.63. The van der Waals surface area contributed by atoms with Crippen molar-refractivity contribution in [1.29, 1.82) is 0 Å². The lowest BCUT2D eigenvalue weighted by Gasteiger charge is -2.09. The van der Waals surface area contributed by atoms with Crippen LogP contribution in [0.3, 0.4) is 0 Å².